The third-order valence-corrected chi connectivity index (χ3v) is 5.55. The molecule has 2 N–H and O–H groups in total. The van der Waals surface area contributed by atoms with Crippen LogP contribution in [-0.4, -0.2) is 43.3 Å². The number of carbonyl (C=O) groups excluding carboxylic acids is 1. The van der Waals surface area contributed by atoms with Crippen molar-refractivity contribution in [2.45, 2.75) is 18.9 Å². The molecule has 28 heavy (non-hydrogen) atoms. The summed E-state index contributed by atoms with van der Waals surface area (Å²) < 4.78 is 12.4. The Bertz CT molecular complexity index is 887. The van der Waals surface area contributed by atoms with Crippen molar-refractivity contribution in [2.75, 3.05) is 31.6 Å². The molecule has 0 bridgehead atoms. The van der Waals surface area contributed by atoms with Gasteiger partial charge in [-0.15, -0.1) is 0 Å². The highest BCUT2D eigenvalue weighted by atomic mass is 32.1. The fourth-order valence-corrected chi connectivity index (χ4v) is 3.95. The zero-order valence-corrected chi connectivity index (χ0v) is 16.3. The summed E-state index contributed by atoms with van der Waals surface area (Å²) in [6.07, 6.45) is 2.33. The minimum absolute atomic E-state index is 0.100. The number of amides is 1. The molecule has 1 saturated heterocycles. The normalized spacial score (nSPS) is 16.2. The minimum atomic E-state index is -0.100. The Balaban J connectivity index is 1.20. The van der Waals surface area contributed by atoms with Gasteiger partial charge in [0, 0.05) is 25.3 Å². The highest BCUT2D eigenvalue weighted by Gasteiger charge is 2.16. The van der Waals surface area contributed by atoms with Crippen LogP contribution in [0.1, 0.15) is 23.2 Å². The number of ether oxygens (including phenoxy) is 2. The molecular formula is C21H23N3O3S. The fourth-order valence-electron chi connectivity index (χ4n) is 3.06. The first kappa shape index (κ1) is 18.7. The number of nitrogens with zero attached hydrogens (tertiary/aromatic N) is 1. The average molecular weight is 398 g/mol. The Kier molecular flexibility index (Phi) is 6.04. The van der Waals surface area contributed by atoms with Crippen LogP contribution in [0.3, 0.4) is 0 Å². The van der Waals surface area contributed by atoms with E-state index in [1.54, 1.807) is 23.5 Å². The van der Waals surface area contributed by atoms with Gasteiger partial charge in [0.05, 0.1) is 16.3 Å². The molecule has 1 aromatic heterocycles. The third kappa shape index (κ3) is 4.79. The van der Waals surface area contributed by atoms with Gasteiger partial charge in [0.1, 0.15) is 12.4 Å². The molecule has 0 radical (unpaired) electrons. The maximum absolute atomic E-state index is 12.3. The van der Waals surface area contributed by atoms with Gasteiger partial charge >= 0.3 is 0 Å². The van der Waals surface area contributed by atoms with Crippen molar-refractivity contribution in [3.05, 3.63) is 54.1 Å². The number of rotatable bonds is 8. The first-order chi connectivity index (χ1) is 13.8. The average Bonchev–Trinajstić information content (AvgIpc) is 3.39. The number of nitrogens with one attached hydrogen (secondary N) is 2. The Morgan fingerprint density at radius 3 is 2.82 bits per heavy atom. The molecular weight excluding hydrogens is 374 g/mol. The third-order valence-electron chi connectivity index (χ3n) is 4.56. The van der Waals surface area contributed by atoms with E-state index in [1.807, 2.05) is 36.4 Å². The smallest absolute Gasteiger partial charge is 0.251 e. The first-order valence-corrected chi connectivity index (χ1v) is 10.3. The first-order valence-electron chi connectivity index (χ1n) is 9.50. The molecule has 1 aliphatic rings. The molecule has 2 heterocycles. The molecule has 7 heteroatoms. The number of carbonyl (C=O) groups is 1. The minimum Gasteiger partial charge on any atom is -0.491 e. The molecule has 4 rings (SSSR count). The zero-order chi connectivity index (χ0) is 19.2. The Labute approximate surface area is 167 Å². The summed E-state index contributed by atoms with van der Waals surface area (Å²) in [5.74, 6) is 0.654. The van der Waals surface area contributed by atoms with Gasteiger partial charge in [-0.1, -0.05) is 23.5 Å². The van der Waals surface area contributed by atoms with Crippen LogP contribution in [0.5, 0.6) is 5.75 Å². The van der Waals surface area contributed by atoms with Gasteiger partial charge in [-0.2, -0.15) is 0 Å². The molecule has 2 aromatic carbocycles. The molecule has 1 unspecified atom stereocenters. The molecule has 6 nitrogen and oxygen atoms in total. The van der Waals surface area contributed by atoms with Crippen LogP contribution in [0.2, 0.25) is 0 Å². The van der Waals surface area contributed by atoms with Crippen LogP contribution in [0.25, 0.3) is 10.2 Å². The van der Waals surface area contributed by atoms with Gasteiger partial charge in [-0.3, -0.25) is 4.79 Å². The molecule has 146 valence electrons. The van der Waals surface area contributed by atoms with Crippen molar-refractivity contribution in [1.82, 2.24) is 10.3 Å². The van der Waals surface area contributed by atoms with Crippen molar-refractivity contribution in [2.24, 2.45) is 0 Å². The summed E-state index contributed by atoms with van der Waals surface area (Å²) in [4.78, 5) is 16.8. The van der Waals surface area contributed by atoms with Crippen LogP contribution < -0.4 is 15.4 Å². The van der Waals surface area contributed by atoms with Crippen molar-refractivity contribution < 1.29 is 14.3 Å². The van der Waals surface area contributed by atoms with Crippen LogP contribution in [-0.2, 0) is 4.74 Å². The second-order valence-corrected chi connectivity index (χ2v) is 7.67. The number of para-hydroxylation sites is 1. The van der Waals surface area contributed by atoms with Crippen molar-refractivity contribution in [1.29, 1.82) is 0 Å². The summed E-state index contributed by atoms with van der Waals surface area (Å²) in [5, 5.41) is 7.03. The lowest BCUT2D eigenvalue weighted by molar-refractivity contribution is 0.0679. The van der Waals surface area contributed by atoms with Gasteiger partial charge in [0.25, 0.3) is 5.91 Å². The van der Waals surface area contributed by atoms with E-state index in [-0.39, 0.29) is 12.0 Å². The number of hydrogen-bond acceptors (Lipinski definition) is 6. The lowest BCUT2D eigenvalue weighted by Gasteiger charge is -2.12. The molecule has 1 aliphatic heterocycles. The van der Waals surface area contributed by atoms with Gasteiger partial charge in [-0.25, -0.2) is 4.98 Å². The van der Waals surface area contributed by atoms with Crippen LogP contribution in [0.4, 0.5) is 5.13 Å². The number of fused-ring (bicyclic) bond motifs is 1. The molecule has 1 fully saturated rings. The van der Waals surface area contributed by atoms with E-state index in [4.69, 9.17) is 9.47 Å². The number of aromatic nitrogens is 1. The van der Waals surface area contributed by atoms with Gasteiger partial charge in [0.2, 0.25) is 0 Å². The lowest BCUT2D eigenvalue weighted by atomic mass is 10.2. The highest BCUT2D eigenvalue weighted by Crippen LogP contribution is 2.25. The molecule has 1 amide bonds. The standard InChI is InChI=1S/C21H23N3O3S/c25-20(15-7-9-16(10-8-15)27-14-17-4-3-13-26-17)22-11-12-23-21-24-18-5-1-2-6-19(18)28-21/h1-2,5-10,17H,3-4,11-14H2,(H,22,25)(H,23,24). The van der Waals surface area contributed by atoms with Crippen LogP contribution in [0, 0.1) is 0 Å². The van der Waals surface area contributed by atoms with Crippen molar-refractivity contribution in [3.63, 3.8) is 0 Å². The van der Waals surface area contributed by atoms with Crippen LogP contribution >= 0.6 is 11.3 Å². The molecule has 0 saturated carbocycles. The summed E-state index contributed by atoms with van der Waals surface area (Å²) in [6, 6.07) is 15.2. The number of hydrogen-bond donors (Lipinski definition) is 2. The molecule has 1 atom stereocenters. The van der Waals surface area contributed by atoms with E-state index in [0.717, 1.165) is 40.5 Å². The number of anilines is 1. The lowest BCUT2D eigenvalue weighted by Crippen LogP contribution is -2.28. The van der Waals surface area contributed by atoms with Crippen molar-refractivity contribution in [3.8, 4) is 5.75 Å². The Morgan fingerprint density at radius 1 is 1.18 bits per heavy atom. The summed E-state index contributed by atoms with van der Waals surface area (Å²) in [5.41, 5.74) is 1.60. The fraction of sp³-hybridized carbons (Fsp3) is 0.333. The molecule has 0 spiro atoms. The molecule has 0 aliphatic carbocycles. The quantitative estimate of drug-likeness (QED) is 0.567. The predicted molar refractivity (Wildman–Crippen MR) is 111 cm³/mol. The van der Waals surface area contributed by atoms with E-state index >= 15 is 0 Å². The Morgan fingerprint density at radius 2 is 2.04 bits per heavy atom. The maximum atomic E-state index is 12.3. The summed E-state index contributed by atoms with van der Waals surface area (Å²) >= 11 is 1.61. The maximum Gasteiger partial charge on any atom is 0.251 e. The highest BCUT2D eigenvalue weighted by molar-refractivity contribution is 7.22. The van der Waals surface area contributed by atoms with Gasteiger partial charge < -0.3 is 20.1 Å². The SMILES string of the molecule is O=C(NCCNc1nc2ccccc2s1)c1ccc(OCC2CCCO2)cc1. The summed E-state index contributed by atoms with van der Waals surface area (Å²) in [7, 11) is 0. The Hall–Kier alpha value is -2.64. The second kappa shape index (κ2) is 9.03. The van der Waals surface area contributed by atoms with Crippen LogP contribution in [0.15, 0.2) is 48.5 Å². The zero-order valence-electron chi connectivity index (χ0n) is 15.5. The number of benzene rings is 2. The number of thiazole rings is 1. The van der Waals surface area contributed by atoms with E-state index in [9.17, 15) is 4.79 Å². The van der Waals surface area contributed by atoms with Crippen molar-refractivity contribution >= 4 is 32.6 Å². The van der Waals surface area contributed by atoms with Gasteiger partial charge in [0.15, 0.2) is 5.13 Å². The second-order valence-electron chi connectivity index (χ2n) is 6.64. The summed E-state index contributed by atoms with van der Waals surface area (Å²) in [6.45, 7) is 2.52. The monoisotopic (exact) mass is 397 g/mol. The van der Waals surface area contributed by atoms with E-state index in [2.05, 4.69) is 15.6 Å². The van der Waals surface area contributed by atoms with E-state index < -0.39 is 0 Å². The topological polar surface area (TPSA) is 72.5 Å². The molecule has 3 aromatic rings. The predicted octanol–water partition coefficient (Wildman–Crippen LogP) is 3.70. The van der Waals surface area contributed by atoms with E-state index in [0.29, 0.717) is 25.3 Å². The largest absolute Gasteiger partial charge is 0.491 e. The van der Waals surface area contributed by atoms with E-state index in [1.165, 1.54) is 0 Å². The van der Waals surface area contributed by atoms with Gasteiger partial charge in [-0.05, 0) is 49.2 Å².